The Morgan fingerprint density at radius 3 is 2.29 bits per heavy atom. The van der Waals surface area contributed by atoms with Crippen molar-refractivity contribution in [2.75, 3.05) is 19.6 Å². The van der Waals surface area contributed by atoms with Crippen LogP contribution < -0.4 is 5.32 Å². The molecule has 0 radical (unpaired) electrons. The molecule has 1 N–H and O–H groups in total. The van der Waals surface area contributed by atoms with Gasteiger partial charge in [0.2, 0.25) is 10.0 Å². The van der Waals surface area contributed by atoms with E-state index in [1.165, 1.54) is 6.20 Å². The fraction of sp³-hybridized carbons (Fsp3) is 0.304. The van der Waals surface area contributed by atoms with E-state index in [2.05, 4.69) is 10.4 Å². The van der Waals surface area contributed by atoms with Gasteiger partial charge in [-0.3, -0.25) is 9.48 Å². The maximum atomic E-state index is 13.0. The molecule has 31 heavy (non-hydrogen) atoms. The number of benzene rings is 2. The molecule has 1 aliphatic heterocycles. The number of aryl methyl sites for hydroxylation is 1. The fourth-order valence-corrected chi connectivity index (χ4v) is 5.30. The highest BCUT2D eigenvalue weighted by Gasteiger charge is 2.29. The van der Waals surface area contributed by atoms with Crippen LogP contribution >= 0.6 is 0 Å². The third-order valence-corrected chi connectivity index (χ3v) is 7.60. The number of amides is 1. The van der Waals surface area contributed by atoms with Crippen molar-refractivity contribution in [1.29, 1.82) is 0 Å². The van der Waals surface area contributed by atoms with Gasteiger partial charge in [0.1, 0.15) is 0 Å². The molecule has 1 aliphatic rings. The highest BCUT2D eigenvalue weighted by atomic mass is 32.2. The van der Waals surface area contributed by atoms with Gasteiger partial charge in [-0.25, -0.2) is 8.42 Å². The van der Waals surface area contributed by atoms with Crippen molar-refractivity contribution in [1.82, 2.24) is 19.4 Å². The van der Waals surface area contributed by atoms with Gasteiger partial charge >= 0.3 is 0 Å². The minimum absolute atomic E-state index is 0.151. The maximum absolute atomic E-state index is 13.0. The lowest BCUT2D eigenvalue weighted by Crippen LogP contribution is -2.41. The van der Waals surface area contributed by atoms with Crippen LogP contribution in [0.2, 0.25) is 0 Å². The van der Waals surface area contributed by atoms with Crippen molar-refractivity contribution in [3.63, 3.8) is 0 Å². The molecule has 0 saturated carbocycles. The first-order chi connectivity index (χ1) is 14.9. The Kier molecular flexibility index (Phi) is 6.20. The van der Waals surface area contributed by atoms with E-state index in [4.69, 9.17) is 0 Å². The maximum Gasteiger partial charge on any atom is 0.254 e. The van der Waals surface area contributed by atoms with Crippen LogP contribution in [0, 0.1) is 5.92 Å². The number of carbonyl (C=O) groups is 1. The van der Waals surface area contributed by atoms with E-state index >= 15 is 0 Å². The van der Waals surface area contributed by atoms with E-state index < -0.39 is 10.0 Å². The van der Waals surface area contributed by atoms with Crippen LogP contribution in [0.1, 0.15) is 23.2 Å². The predicted octanol–water partition coefficient (Wildman–Crippen LogP) is 2.92. The van der Waals surface area contributed by atoms with Crippen molar-refractivity contribution >= 4 is 15.9 Å². The van der Waals surface area contributed by atoms with Gasteiger partial charge in [0.05, 0.1) is 16.7 Å². The van der Waals surface area contributed by atoms with Gasteiger partial charge < -0.3 is 5.32 Å². The number of nitrogens with zero attached hydrogens (tertiary/aromatic N) is 3. The fourth-order valence-electron chi connectivity index (χ4n) is 3.83. The molecule has 0 spiro atoms. The van der Waals surface area contributed by atoms with Crippen LogP contribution in [-0.4, -0.2) is 48.0 Å². The average molecular weight is 439 g/mol. The minimum Gasteiger partial charge on any atom is -0.352 e. The summed E-state index contributed by atoms with van der Waals surface area (Å²) in [4.78, 5) is 12.5. The highest BCUT2D eigenvalue weighted by molar-refractivity contribution is 7.89. The molecule has 0 atom stereocenters. The number of piperidine rings is 1. The molecule has 1 amide bonds. The topological polar surface area (TPSA) is 84.3 Å². The largest absolute Gasteiger partial charge is 0.352 e. The number of aromatic nitrogens is 2. The Hall–Kier alpha value is -2.97. The van der Waals surface area contributed by atoms with Crippen molar-refractivity contribution in [3.05, 3.63) is 72.6 Å². The Bertz CT molecular complexity index is 1130. The molecule has 3 aromatic rings. The lowest BCUT2D eigenvalue weighted by Gasteiger charge is -2.31. The van der Waals surface area contributed by atoms with Crippen LogP contribution in [0.5, 0.6) is 0 Å². The summed E-state index contributed by atoms with van der Waals surface area (Å²) in [6.07, 6.45) is 4.64. The standard InChI is InChI=1S/C23H26N4O3S/c1-26-17-21(16-25-26)23(28)24-15-18-11-13-27(14-12-18)31(29,30)22-9-7-20(8-10-22)19-5-3-2-4-6-19/h2-10,16-18H,11-15H2,1H3,(H,24,28). The van der Waals surface area contributed by atoms with Crippen molar-refractivity contribution in [2.45, 2.75) is 17.7 Å². The van der Waals surface area contributed by atoms with Crippen LogP contribution in [-0.2, 0) is 17.1 Å². The van der Waals surface area contributed by atoms with E-state index in [0.717, 1.165) is 11.1 Å². The molecule has 2 heterocycles. The first kappa shape index (κ1) is 21.3. The average Bonchev–Trinajstić information content (AvgIpc) is 3.25. The molecule has 0 unspecified atom stereocenters. The quantitative estimate of drug-likeness (QED) is 0.641. The second-order valence-corrected chi connectivity index (χ2v) is 9.79. The molecule has 2 aromatic carbocycles. The summed E-state index contributed by atoms with van der Waals surface area (Å²) in [5.41, 5.74) is 2.57. The lowest BCUT2D eigenvalue weighted by molar-refractivity contribution is 0.0941. The molecule has 7 nitrogen and oxygen atoms in total. The van der Waals surface area contributed by atoms with Gasteiger partial charge in [-0.15, -0.1) is 0 Å². The highest BCUT2D eigenvalue weighted by Crippen LogP contribution is 2.26. The lowest BCUT2D eigenvalue weighted by atomic mass is 9.98. The van der Waals surface area contributed by atoms with Gasteiger partial charge in [0, 0.05) is 32.9 Å². The van der Waals surface area contributed by atoms with Crippen LogP contribution in [0.3, 0.4) is 0 Å². The molecule has 8 heteroatoms. The smallest absolute Gasteiger partial charge is 0.254 e. The van der Waals surface area contributed by atoms with Gasteiger partial charge in [-0.1, -0.05) is 42.5 Å². The number of sulfonamides is 1. The van der Waals surface area contributed by atoms with Gasteiger partial charge in [-0.05, 0) is 42.0 Å². The first-order valence-corrected chi connectivity index (χ1v) is 11.8. The van der Waals surface area contributed by atoms with Gasteiger partial charge in [0.25, 0.3) is 5.91 Å². The number of nitrogens with one attached hydrogen (secondary N) is 1. The van der Waals surface area contributed by atoms with E-state index in [0.29, 0.717) is 42.9 Å². The summed E-state index contributed by atoms with van der Waals surface area (Å²) in [6, 6.07) is 16.9. The molecular formula is C23H26N4O3S. The zero-order valence-electron chi connectivity index (χ0n) is 17.4. The zero-order chi connectivity index (χ0) is 21.8. The number of hydrogen-bond donors (Lipinski definition) is 1. The molecular weight excluding hydrogens is 412 g/mol. The zero-order valence-corrected chi connectivity index (χ0v) is 18.3. The van der Waals surface area contributed by atoms with Gasteiger partial charge in [-0.2, -0.15) is 9.40 Å². The normalized spacial score (nSPS) is 15.6. The van der Waals surface area contributed by atoms with E-state index in [1.54, 1.807) is 34.4 Å². The van der Waals surface area contributed by atoms with Gasteiger partial charge in [0.15, 0.2) is 0 Å². The Morgan fingerprint density at radius 2 is 1.68 bits per heavy atom. The summed E-state index contributed by atoms with van der Waals surface area (Å²) in [5.74, 6) is 0.106. The molecule has 1 fully saturated rings. The second-order valence-electron chi connectivity index (χ2n) is 7.85. The number of rotatable bonds is 6. The first-order valence-electron chi connectivity index (χ1n) is 10.4. The Labute approximate surface area is 182 Å². The predicted molar refractivity (Wildman–Crippen MR) is 119 cm³/mol. The van der Waals surface area contributed by atoms with E-state index in [9.17, 15) is 13.2 Å². The monoisotopic (exact) mass is 438 g/mol. The minimum atomic E-state index is -3.52. The molecule has 4 rings (SSSR count). The molecule has 162 valence electrons. The summed E-state index contributed by atoms with van der Waals surface area (Å²) < 4.78 is 29.2. The molecule has 1 saturated heterocycles. The second kappa shape index (κ2) is 9.03. The third kappa shape index (κ3) is 4.86. The van der Waals surface area contributed by atoms with E-state index in [-0.39, 0.29) is 11.8 Å². The summed E-state index contributed by atoms with van der Waals surface area (Å²) in [7, 11) is -1.75. The summed E-state index contributed by atoms with van der Waals surface area (Å²) in [5, 5.41) is 6.93. The van der Waals surface area contributed by atoms with Crippen LogP contribution in [0.15, 0.2) is 71.9 Å². The summed E-state index contributed by atoms with van der Waals surface area (Å²) in [6.45, 7) is 1.44. The Morgan fingerprint density at radius 1 is 1.03 bits per heavy atom. The number of carbonyl (C=O) groups excluding carboxylic acids is 1. The molecule has 0 bridgehead atoms. The molecule has 0 aliphatic carbocycles. The SMILES string of the molecule is Cn1cc(C(=O)NCC2CCN(S(=O)(=O)c3ccc(-c4ccccc4)cc3)CC2)cn1. The van der Waals surface area contributed by atoms with Crippen LogP contribution in [0.25, 0.3) is 11.1 Å². The van der Waals surface area contributed by atoms with E-state index in [1.807, 2.05) is 42.5 Å². The van der Waals surface area contributed by atoms with Crippen LogP contribution in [0.4, 0.5) is 0 Å². The molecule has 1 aromatic heterocycles. The van der Waals surface area contributed by atoms with Crippen molar-refractivity contribution in [3.8, 4) is 11.1 Å². The third-order valence-electron chi connectivity index (χ3n) is 5.69. The van der Waals surface area contributed by atoms with Crippen molar-refractivity contribution in [2.24, 2.45) is 13.0 Å². The Balaban J connectivity index is 1.33. The summed E-state index contributed by atoms with van der Waals surface area (Å²) >= 11 is 0. The van der Waals surface area contributed by atoms with Crippen molar-refractivity contribution < 1.29 is 13.2 Å². The number of hydrogen-bond acceptors (Lipinski definition) is 4.